The van der Waals surface area contributed by atoms with Crippen LogP contribution < -0.4 is 5.32 Å². The van der Waals surface area contributed by atoms with Crippen LogP contribution in [0.2, 0.25) is 0 Å². The Bertz CT molecular complexity index is 2550. The molecule has 0 unspecified atom stereocenters. The fraction of sp³-hybridized carbons (Fsp3) is 0.392. The molecule has 11 heteroatoms. The Kier molecular flexibility index (Phi) is 10.9. The number of rotatable bonds is 9. The SMILES string of the molecule is COC(=O)N[C@@H](C(=O)N1[C@@H]2CCCC[C@@H]2C[C@H]1c1ncc(-c2ccc(-c3ccc4nc([C@@H]5C[C@H]6CCCC[C@H]6N5C(=O)[C@H](C)c5ccccc5)[nH]c4c3)cc2)[nH]1)c1ccccc1. The summed E-state index contributed by atoms with van der Waals surface area (Å²) < 4.78 is 4.95. The van der Waals surface area contributed by atoms with Crippen molar-refractivity contribution >= 4 is 28.9 Å². The van der Waals surface area contributed by atoms with Crippen LogP contribution in [0.3, 0.4) is 0 Å². The van der Waals surface area contributed by atoms with Gasteiger partial charge in [0.15, 0.2) is 0 Å². The third-order valence-corrected chi connectivity index (χ3v) is 14.4. The van der Waals surface area contributed by atoms with Gasteiger partial charge in [-0.15, -0.1) is 0 Å². The Morgan fingerprint density at radius 2 is 1.26 bits per heavy atom. The van der Waals surface area contributed by atoms with Crippen molar-refractivity contribution in [3.8, 4) is 22.4 Å². The molecule has 4 aromatic carbocycles. The van der Waals surface area contributed by atoms with Gasteiger partial charge in [-0.2, -0.15) is 0 Å². The molecule has 2 aliphatic carbocycles. The maximum Gasteiger partial charge on any atom is 0.407 e. The molecule has 3 amide bonds. The summed E-state index contributed by atoms with van der Waals surface area (Å²) in [6, 6.07) is 33.5. The van der Waals surface area contributed by atoms with E-state index in [0.717, 1.165) is 108 Å². The number of H-pyrrole nitrogens is 2. The Balaban J connectivity index is 0.886. The van der Waals surface area contributed by atoms with Crippen molar-refractivity contribution in [2.24, 2.45) is 11.8 Å². The van der Waals surface area contributed by atoms with Crippen molar-refractivity contribution in [3.05, 3.63) is 132 Å². The lowest BCUT2D eigenvalue weighted by molar-refractivity contribution is -0.138. The third kappa shape index (κ3) is 7.45. The number of nitrogens with zero attached hydrogens (tertiary/aromatic N) is 4. The van der Waals surface area contributed by atoms with E-state index in [1.807, 2.05) is 66.6 Å². The number of carbonyl (C=O) groups is 3. The lowest BCUT2D eigenvalue weighted by atomic mass is 9.84. The number of fused-ring (bicyclic) bond motifs is 3. The highest BCUT2D eigenvalue weighted by Crippen LogP contribution is 2.49. The number of carbonyl (C=O) groups excluding carboxylic acids is 3. The fourth-order valence-corrected chi connectivity index (χ4v) is 11.3. The van der Waals surface area contributed by atoms with Crippen LogP contribution in [0.1, 0.15) is 118 Å². The number of hydrogen-bond donors (Lipinski definition) is 3. The predicted octanol–water partition coefficient (Wildman–Crippen LogP) is 10.2. The van der Waals surface area contributed by atoms with Crippen LogP contribution in [0.15, 0.2) is 109 Å². The zero-order valence-electron chi connectivity index (χ0n) is 35.5. The quantitative estimate of drug-likeness (QED) is 0.133. The molecule has 2 aliphatic heterocycles. The van der Waals surface area contributed by atoms with Gasteiger partial charge in [0.1, 0.15) is 17.7 Å². The van der Waals surface area contributed by atoms with Gasteiger partial charge in [-0.25, -0.2) is 14.8 Å². The Morgan fingerprint density at radius 3 is 1.92 bits per heavy atom. The number of likely N-dealkylation sites (tertiary alicyclic amines) is 2. The fourth-order valence-electron chi connectivity index (χ4n) is 11.3. The van der Waals surface area contributed by atoms with Crippen molar-refractivity contribution in [2.75, 3.05) is 7.11 Å². The van der Waals surface area contributed by atoms with Crippen LogP contribution in [0, 0.1) is 11.8 Å². The first-order chi connectivity index (χ1) is 30.3. The molecule has 6 aromatic rings. The summed E-state index contributed by atoms with van der Waals surface area (Å²) in [5.41, 5.74) is 7.67. The Morgan fingerprint density at radius 1 is 0.677 bits per heavy atom. The van der Waals surface area contributed by atoms with Crippen LogP contribution in [0.5, 0.6) is 0 Å². The van der Waals surface area contributed by atoms with E-state index in [4.69, 9.17) is 14.7 Å². The van der Waals surface area contributed by atoms with Gasteiger partial charge in [0.25, 0.3) is 5.91 Å². The van der Waals surface area contributed by atoms with E-state index in [1.54, 1.807) is 0 Å². The van der Waals surface area contributed by atoms with Crippen molar-refractivity contribution in [1.29, 1.82) is 0 Å². The van der Waals surface area contributed by atoms with Crippen molar-refractivity contribution < 1.29 is 19.1 Å². The summed E-state index contributed by atoms with van der Waals surface area (Å²) in [5, 5.41) is 2.82. The molecule has 0 bridgehead atoms. The maximum absolute atomic E-state index is 14.6. The van der Waals surface area contributed by atoms with Crippen LogP contribution in [-0.2, 0) is 14.3 Å². The lowest BCUT2D eigenvalue weighted by Crippen LogP contribution is -2.47. The molecule has 0 radical (unpaired) electrons. The van der Waals surface area contributed by atoms with Crippen molar-refractivity contribution in [1.82, 2.24) is 35.1 Å². The normalized spacial score (nSPS) is 24.3. The zero-order valence-corrected chi connectivity index (χ0v) is 35.5. The molecule has 4 aliphatic rings. The minimum absolute atomic E-state index is 0.0727. The monoisotopic (exact) mass is 829 g/mol. The summed E-state index contributed by atoms with van der Waals surface area (Å²) in [5.74, 6) is 2.34. The van der Waals surface area contributed by atoms with Crippen LogP contribution >= 0.6 is 0 Å². The molecule has 318 valence electrons. The number of methoxy groups -OCH3 is 1. The number of aromatic amines is 2. The van der Waals surface area contributed by atoms with Gasteiger partial charge in [0.2, 0.25) is 5.91 Å². The summed E-state index contributed by atoms with van der Waals surface area (Å²) in [7, 11) is 1.31. The highest BCUT2D eigenvalue weighted by Gasteiger charge is 2.49. The maximum atomic E-state index is 14.6. The second-order valence-corrected chi connectivity index (χ2v) is 17.9. The van der Waals surface area contributed by atoms with Gasteiger partial charge < -0.3 is 29.8 Å². The second kappa shape index (κ2) is 16.9. The summed E-state index contributed by atoms with van der Waals surface area (Å²) in [4.78, 5) is 62.9. The molecule has 2 saturated heterocycles. The Hall–Kier alpha value is -6.23. The zero-order chi connectivity index (χ0) is 42.3. The lowest BCUT2D eigenvalue weighted by Gasteiger charge is -2.36. The molecule has 11 nitrogen and oxygen atoms in total. The smallest absolute Gasteiger partial charge is 0.407 e. The van der Waals surface area contributed by atoms with Crippen LogP contribution in [0.4, 0.5) is 4.79 Å². The number of hydrogen-bond acceptors (Lipinski definition) is 6. The first-order valence-electron chi connectivity index (χ1n) is 22.6. The van der Waals surface area contributed by atoms with Gasteiger partial charge in [0.05, 0.1) is 48.0 Å². The number of ether oxygens (including phenoxy) is 1. The Labute approximate surface area is 362 Å². The number of aromatic nitrogens is 4. The van der Waals surface area contributed by atoms with E-state index in [2.05, 4.69) is 74.8 Å². The van der Waals surface area contributed by atoms with E-state index >= 15 is 0 Å². The molecule has 2 aromatic heterocycles. The van der Waals surface area contributed by atoms with Gasteiger partial charge in [0, 0.05) is 12.1 Å². The number of nitrogens with one attached hydrogen (secondary N) is 3. The molecule has 4 heterocycles. The van der Waals surface area contributed by atoms with E-state index in [1.165, 1.54) is 13.5 Å². The minimum atomic E-state index is -0.874. The van der Waals surface area contributed by atoms with E-state index in [0.29, 0.717) is 17.4 Å². The third-order valence-electron chi connectivity index (χ3n) is 14.4. The van der Waals surface area contributed by atoms with Gasteiger partial charge >= 0.3 is 6.09 Å². The molecule has 8 atom stereocenters. The van der Waals surface area contributed by atoms with E-state index < -0.39 is 12.1 Å². The summed E-state index contributed by atoms with van der Waals surface area (Å²) in [6.45, 7) is 2.04. The molecule has 2 saturated carbocycles. The molecule has 0 spiro atoms. The summed E-state index contributed by atoms with van der Waals surface area (Å²) in [6.07, 6.45) is 11.8. The number of alkyl carbamates (subject to hydrolysis) is 1. The van der Waals surface area contributed by atoms with Gasteiger partial charge in [-0.1, -0.05) is 117 Å². The number of imidazole rings is 2. The van der Waals surface area contributed by atoms with Crippen molar-refractivity contribution in [2.45, 2.75) is 107 Å². The number of amides is 3. The first-order valence-corrected chi connectivity index (χ1v) is 22.6. The van der Waals surface area contributed by atoms with Gasteiger partial charge in [-0.3, -0.25) is 9.59 Å². The van der Waals surface area contributed by atoms with Crippen LogP contribution in [0.25, 0.3) is 33.4 Å². The van der Waals surface area contributed by atoms with E-state index in [9.17, 15) is 14.4 Å². The standard InChI is InChI=1S/C51H55N7O4/c1-31(32-13-5-3-6-14-32)49(59)57-42-19-11-9-18-38(42)29-45(57)48-53-39-26-25-36(27-40(39)54-48)33-21-23-34(24-22-33)41-30-52-47(55-41)44-28-37-17-10-12-20-43(37)58(44)50(60)46(56-51(61)62-2)35-15-7-4-8-16-35/h3-8,13-16,21-27,30-31,37-38,42-46H,9-12,17-20,28-29H2,1-2H3,(H,52,55)(H,53,54)(H,56,61)/t31-,37-,38-,42-,43-,44+,45+,46-/m1/s1. The topological polar surface area (TPSA) is 136 Å². The summed E-state index contributed by atoms with van der Waals surface area (Å²) >= 11 is 0. The van der Waals surface area contributed by atoms with Crippen LogP contribution in [-0.4, -0.2) is 66.8 Å². The van der Waals surface area contributed by atoms with E-state index in [-0.39, 0.29) is 41.9 Å². The molecular formula is C51H55N7O4. The minimum Gasteiger partial charge on any atom is -0.453 e. The number of benzene rings is 4. The van der Waals surface area contributed by atoms with Gasteiger partial charge in [-0.05, 0) is 97.2 Å². The largest absolute Gasteiger partial charge is 0.453 e. The molecule has 62 heavy (non-hydrogen) atoms. The second-order valence-electron chi connectivity index (χ2n) is 17.9. The molecule has 3 N–H and O–H groups in total. The molecular weight excluding hydrogens is 775 g/mol. The predicted molar refractivity (Wildman–Crippen MR) is 239 cm³/mol. The molecule has 10 rings (SSSR count). The first kappa shape index (κ1) is 39.9. The average Bonchev–Trinajstić information content (AvgIpc) is 4.14. The average molecular weight is 830 g/mol. The van der Waals surface area contributed by atoms with Crippen molar-refractivity contribution in [3.63, 3.8) is 0 Å². The highest BCUT2D eigenvalue weighted by molar-refractivity contribution is 5.88. The molecule has 4 fully saturated rings. The highest BCUT2D eigenvalue weighted by atomic mass is 16.5.